The van der Waals surface area contributed by atoms with Crippen LogP contribution in [0.3, 0.4) is 0 Å². The molecule has 15 heteroatoms. The number of hydrogen-bond donors (Lipinski definition) is 2. The van der Waals surface area contributed by atoms with E-state index in [4.69, 9.17) is 4.74 Å². The SMILES string of the molecule is CC1(C)[C@H](NC(=O)c2cnc(N3CCC(CCN4CCN(c5ccc6c(c5)C(=O)C(C5CCC(=O)NC5=O)C6=O)CC4)CC3)nc2)C(C)(C)[C@H]1Oc1ccc(C#N)c(C#N)c1. The molecule has 3 amide bonds. The standard InChI is InChI=1S/C46H51N9O6/c1-45(2)42(46(3,4)43(45)61-32-7-5-28(23-47)29(21-32)24-48)52-40(59)30-25-49-44(50-26-30)55-15-12-27(13-16-55)11-14-53-17-19-54(20-18-53)31-6-8-33-35(22-31)39(58)37(38(33)57)34-9-10-36(56)51-41(34)60/h5-8,21-22,25-27,34,37,42-43H,9-20H2,1-4H3,(H,52,59)(H,51,56,60)/t34?,37?,42-,43-. The summed E-state index contributed by atoms with van der Waals surface area (Å²) in [5, 5.41) is 24.2. The zero-order valence-electron chi connectivity index (χ0n) is 35.1. The second-order valence-corrected chi connectivity index (χ2v) is 18.3. The van der Waals surface area contributed by atoms with Gasteiger partial charge >= 0.3 is 0 Å². The number of fused-ring (bicyclic) bond motifs is 1. The van der Waals surface area contributed by atoms with Crippen molar-refractivity contribution in [3.63, 3.8) is 0 Å². The third-order valence-electron chi connectivity index (χ3n) is 13.8. The van der Waals surface area contributed by atoms with Crippen LogP contribution in [0.15, 0.2) is 48.8 Å². The van der Waals surface area contributed by atoms with E-state index in [1.54, 1.807) is 42.7 Å². The van der Waals surface area contributed by atoms with Crippen LogP contribution >= 0.6 is 0 Å². The van der Waals surface area contributed by atoms with Gasteiger partial charge in [-0.15, -0.1) is 0 Å². The molecular formula is C46H51N9O6. The van der Waals surface area contributed by atoms with Crippen molar-refractivity contribution >= 4 is 40.9 Å². The number of carbonyl (C=O) groups excluding carboxylic acids is 5. The predicted molar refractivity (Wildman–Crippen MR) is 224 cm³/mol. The summed E-state index contributed by atoms with van der Waals surface area (Å²) in [6.45, 7) is 14.3. The van der Waals surface area contributed by atoms with Crippen LogP contribution in [0.4, 0.5) is 11.6 Å². The highest BCUT2D eigenvalue weighted by Crippen LogP contribution is 2.55. The highest BCUT2D eigenvalue weighted by atomic mass is 16.5. The van der Waals surface area contributed by atoms with Crippen LogP contribution in [0.1, 0.15) is 102 Å². The van der Waals surface area contributed by atoms with Gasteiger partial charge in [0.05, 0.1) is 28.5 Å². The fourth-order valence-electron chi connectivity index (χ4n) is 10.6. The first-order valence-electron chi connectivity index (χ1n) is 21.2. The molecule has 1 saturated carbocycles. The van der Waals surface area contributed by atoms with E-state index >= 15 is 0 Å². The van der Waals surface area contributed by atoms with Crippen LogP contribution in [-0.4, -0.2) is 102 Å². The van der Waals surface area contributed by atoms with E-state index < -0.39 is 28.6 Å². The van der Waals surface area contributed by atoms with E-state index in [0.29, 0.717) is 39.9 Å². The number of nitrogens with one attached hydrogen (secondary N) is 2. The van der Waals surface area contributed by atoms with Gasteiger partial charge in [0.15, 0.2) is 11.6 Å². The predicted octanol–water partition coefficient (Wildman–Crippen LogP) is 4.31. The summed E-state index contributed by atoms with van der Waals surface area (Å²) in [4.78, 5) is 80.2. The highest BCUT2D eigenvalue weighted by Gasteiger charge is 2.64. The Labute approximate surface area is 355 Å². The number of rotatable bonds is 10. The van der Waals surface area contributed by atoms with E-state index in [9.17, 15) is 34.5 Å². The second-order valence-electron chi connectivity index (χ2n) is 18.3. The zero-order valence-corrected chi connectivity index (χ0v) is 35.1. The van der Waals surface area contributed by atoms with Gasteiger partial charge in [0.2, 0.25) is 17.8 Å². The first-order valence-corrected chi connectivity index (χ1v) is 21.2. The van der Waals surface area contributed by atoms with Gasteiger partial charge in [-0.05, 0) is 74.5 Å². The molecule has 3 aromatic rings. The topological polar surface area (TPSA) is 202 Å². The number of piperazine rings is 1. The van der Waals surface area contributed by atoms with Crippen LogP contribution in [-0.2, 0) is 9.59 Å². The molecule has 3 aliphatic heterocycles. The number of anilines is 2. The maximum Gasteiger partial charge on any atom is 0.254 e. The minimum Gasteiger partial charge on any atom is -0.489 e. The summed E-state index contributed by atoms with van der Waals surface area (Å²) in [6, 6.07) is 14.1. The fraction of sp³-hybridized carbons (Fsp3) is 0.500. The van der Waals surface area contributed by atoms with Gasteiger partial charge in [-0.25, -0.2) is 9.97 Å². The quantitative estimate of drug-likeness (QED) is 0.217. The zero-order chi connectivity index (χ0) is 43.2. The van der Waals surface area contributed by atoms with E-state index in [0.717, 1.165) is 70.8 Å². The van der Waals surface area contributed by atoms with Crippen LogP contribution in [0.5, 0.6) is 5.75 Å². The first kappa shape index (κ1) is 41.5. The van der Waals surface area contributed by atoms with Crippen LogP contribution in [0.25, 0.3) is 0 Å². The number of ether oxygens (including phenoxy) is 1. The van der Waals surface area contributed by atoms with Crippen molar-refractivity contribution in [3.05, 3.63) is 76.6 Å². The number of ketones is 2. The van der Waals surface area contributed by atoms with Gasteiger partial charge in [0, 0.05) is 91.8 Å². The number of imide groups is 1. The second kappa shape index (κ2) is 16.3. The molecule has 2 N–H and O–H groups in total. The summed E-state index contributed by atoms with van der Waals surface area (Å²) in [5.41, 5.74) is 1.72. The summed E-state index contributed by atoms with van der Waals surface area (Å²) in [5.74, 6) is -1.98. The van der Waals surface area contributed by atoms with E-state index in [1.165, 1.54) is 0 Å². The van der Waals surface area contributed by atoms with Crippen molar-refractivity contribution in [1.29, 1.82) is 10.5 Å². The Balaban J connectivity index is 0.771. The molecule has 2 aliphatic carbocycles. The fourth-order valence-corrected chi connectivity index (χ4v) is 10.6. The van der Waals surface area contributed by atoms with Crippen LogP contribution < -0.4 is 25.2 Å². The normalized spacial score (nSPS) is 24.9. The van der Waals surface area contributed by atoms with Crippen molar-refractivity contribution in [1.82, 2.24) is 25.5 Å². The number of hydrogen-bond acceptors (Lipinski definition) is 13. The molecule has 61 heavy (non-hydrogen) atoms. The molecule has 2 unspecified atom stereocenters. The third kappa shape index (κ3) is 7.83. The molecule has 1 aromatic heterocycles. The van der Waals surface area contributed by atoms with Crippen molar-refractivity contribution in [3.8, 4) is 17.9 Å². The third-order valence-corrected chi connectivity index (χ3v) is 13.8. The number of aromatic nitrogens is 2. The molecule has 316 valence electrons. The molecule has 5 aliphatic rings. The monoisotopic (exact) mass is 825 g/mol. The number of carbonyl (C=O) groups is 5. The average Bonchev–Trinajstić information content (AvgIpc) is 3.51. The Morgan fingerprint density at radius 1 is 0.836 bits per heavy atom. The molecule has 8 rings (SSSR count). The van der Waals surface area contributed by atoms with Gasteiger partial charge in [0.1, 0.15) is 24.0 Å². The molecule has 15 nitrogen and oxygen atoms in total. The maximum absolute atomic E-state index is 13.4. The molecule has 4 heterocycles. The first-order chi connectivity index (χ1) is 29.2. The Hall–Kier alpha value is -6.19. The Morgan fingerprint density at radius 2 is 1.51 bits per heavy atom. The smallest absolute Gasteiger partial charge is 0.254 e. The van der Waals surface area contributed by atoms with Gasteiger partial charge in [-0.1, -0.05) is 27.7 Å². The number of piperidine rings is 2. The molecule has 3 saturated heterocycles. The van der Waals surface area contributed by atoms with Crippen LogP contribution in [0.2, 0.25) is 0 Å². The van der Waals surface area contributed by atoms with Crippen molar-refractivity contribution in [2.24, 2.45) is 28.6 Å². The largest absolute Gasteiger partial charge is 0.489 e. The van der Waals surface area contributed by atoms with E-state index in [1.807, 2.05) is 39.8 Å². The van der Waals surface area contributed by atoms with Crippen molar-refractivity contribution in [2.75, 3.05) is 55.6 Å². The van der Waals surface area contributed by atoms with E-state index in [-0.39, 0.29) is 53.9 Å². The lowest BCUT2D eigenvalue weighted by Gasteiger charge is -2.63. The van der Waals surface area contributed by atoms with Gasteiger partial charge < -0.3 is 19.9 Å². The van der Waals surface area contributed by atoms with E-state index in [2.05, 4.69) is 41.4 Å². The van der Waals surface area contributed by atoms with Gasteiger partial charge in [0.25, 0.3) is 5.91 Å². The number of Topliss-reactive ketones (excluding diaryl/α,β-unsaturated/α-hetero) is 2. The average molecular weight is 826 g/mol. The van der Waals surface area contributed by atoms with Crippen molar-refractivity contribution < 1.29 is 28.7 Å². The maximum atomic E-state index is 13.4. The lowest BCUT2D eigenvalue weighted by atomic mass is 9.49. The molecule has 2 atom stereocenters. The van der Waals surface area contributed by atoms with Crippen molar-refractivity contribution in [2.45, 2.75) is 71.9 Å². The minimum atomic E-state index is -1.06. The number of nitrogens with zero attached hydrogens (tertiary/aromatic N) is 7. The number of nitriles is 2. The molecule has 2 aromatic carbocycles. The van der Waals surface area contributed by atoms with Crippen LogP contribution in [0, 0.1) is 51.2 Å². The summed E-state index contributed by atoms with van der Waals surface area (Å²) in [6.07, 6.45) is 6.41. The molecule has 0 spiro atoms. The highest BCUT2D eigenvalue weighted by molar-refractivity contribution is 6.28. The molecule has 0 bridgehead atoms. The lowest BCUT2D eigenvalue weighted by Crippen LogP contribution is -2.74. The minimum absolute atomic E-state index is 0.127. The molecular weight excluding hydrogens is 775 g/mol. The number of amides is 3. The summed E-state index contributed by atoms with van der Waals surface area (Å²) in [7, 11) is 0. The summed E-state index contributed by atoms with van der Waals surface area (Å²) >= 11 is 0. The van der Waals surface area contributed by atoms with Gasteiger partial charge in [-0.2, -0.15) is 10.5 Å². The Bertz CT molecular complexity index is 2330. The molecule has 0 radical (unpaired) electrons. The Morgan fingerprint density at radius 3 is 2.16 bits per heavy atom. The Kier molecular flexibility index (Phi) is 11.1. The van der Waals surface area contributed by atoms with Gasteiger partial charge in [-0.3, -0.25) is 34.2 Å². The summed E-state index contributed by atoms with van der Waals surface area (Å²) < 4.78 is 6.36. The number of benzene rings is 2. The molecule has 4 fully saturated rings. The lowest BCUT2D eigenvalue weighted by molar-refractivity contribution is -0.164.